The molecule has 0 radical (unpaired) electrons. The van der Waals surface area contributed by atoms with E-state index in [2.05, 4.69) is 0 Å². The Morgan fingerprint density at radius 2 is 1.94 bits per heavy atom. The van der Waals surface area contributed by atoms with Crippen LogP contribution in [0, 0.1) is 0 Å². The Morgan fingerprint density at radius 3 is 2.44 bits per heavy atom. The number of carboxylic acid groups (broad SMARTS) is 1. The zero-order valence-electron chi connectivity index (χ0n) is 10.1. The summed E-state index contributed by atoms with van der Waals surface area (Å²) in [5.41, 5.74) is -0.282. The molecule has 7 heteroatoms. The number of nitrogens with zero attached hydrogens (tertiary/aromatic N) is 1. The van der Waals surface area contributed by atoms with Crippen molar-refractivity contribution >= 4 is 16.0 Å². The van der Waals surface area contributed by atoms with E-state index in [1.165, 1.54) is 38.2 Å². The number of aromatic carboxylic acids is 1. The third-order valence-corrected chi connectivity index (χ3v) is 4.21. The fraction of sp³-hybridized carbons (Fsp3) is 0.364. The Balaban J connectivity index is 3.24. The summed E-state index contributed by atoms with van der Waals surface area (Å²) in [5.74, 6) is -1.31. The second-order valence-corrected chi connectivity index (χ2v) is 5.95. The molecule has 1 aromatic carbocycles. The normalized spacial score (nSPS) is 13.6. The molecule has 1 rings (SSSR count). The van der Waals surface area contributed by atoms with Gasteiger partial charge in [0.2, 0.25) is 10.0 Å². The lowest BCUT2D eigenvalue weighted by molar-refractivity contribution is 0.0692. The molecular formula is C11H15NO5S. The largest absolute Gasteiger partial charge is 0.478 e. The van der Waals surface area contributed by atoms with E-state index in [4.69, 9.17) is 5.11 Å². The number of carboxylic acids is 1. The summed E-state index contributed by atoms with van der Waals surface area (Å²) in [6, 6.07) is 5.37. The van der Waals surface area contributed by atoms with Crippen molar-refractivity contribution in [3.63, 3.8) is 0 Å². The van der Waals surface area contributed by atoms with Crippen LogP contribution in [-0.4, -0.2) is 48.6 Å². The second-order valence-electron chi connectivity index (χ2n) is 3.94. The Morgan fingerprint density at radius 1 is 1.39 bits per heavy atom. The third kappa shape index (κ3) is 3.06. The van der Waals surface area contributed by atoms with Gasteiger partial charge in [0.05, 0.1) is 16.6 Å². The van der Waals surface area contributed by atoms with Gasteiger partial charge in [-0.3, -0.25) is 0 Å². The van der Waals surface area contributed by atoms with Crippen LogP contribution in [0.25, 0.3) is 0 Å². The molecule has 100 valence electrons. The summed E-state index contributed by atoms with van der Waals surface area (Å²) in [4.78, 5) is 10.7. The maximum Gasteiger partial charge on any atom is 0.337 e. The molecule has 0 fully saturated rings. The van der Waals surface area contributed by atoms with Crippen molar-refractivity contribution in [3.05, 3.63) is 29.8 Å². The topological polar surface area (TPSA) is 94.9 Å². The number of hydrogen-bond donors (Lipinski definition) is 2. The molecule has 0 spiro atoms. The predicted molar refractivity (Wildman–Crippen MR) is 64.9 cm³/mol. The zero-order valence-corrected chi connectivity index (χ0v) is 10.9. The highest BCUT2D eigenvalue weighted by Crippen LogP contribution is 2.19. The van der Waals surface area contributed by atoms with E-state index in [9.17, 15) is 18.3 Å². The Labute approximate surface area is 106 Å². The van der Waals surface area contributed by atoms with Gasteiger partial charge in [-0.1, -0.05) is 12.1 Å². The highest BCUT2D eigenvalue weighted by atomic mass is 32.2. The third-order valence-electron chi connectivity index (χ3n) is 2.33. The predicted octanol–water partition coefficient (Wildman–Crippen LogP) is 0.386. The highest BCUT2D eigenvalue weighted by molar-refractivity contribution is 7.89. The molecule has 2 N–H and O–H groups in total. The van der Waals surface area contributed by atoms with E-state index in [0.29, 0.717) is 0 Å². The molecule has 1 unspecified atom stereocenters. The number of aliphatic hydroxyl groups is 1. The van der Waals surface area contributed by atoms with Crippen molar-refractivity contribution in [2.45, 2.75) is 17.9 Å². The fourth-order valence-electron chi connectivity index (χ4n) is 1.51. The maximum atomic E-state index is 12.1. The molecule has 0 amide bonds. The molecule has 0 aromatic heterocycles. The van der Waals surface area contributed by atoms with Crippen molar-refractivity contribution in [2.24, 2.45) is 0 Å². The molecule has 0 saturated heterocycles. The molecule has 0 aliphatic rings. The summed E-state index contributed by atoms with van der Waals surface area (Å²) < 4.78 is 25.2. The monoisotopic (exact) mass is 273 g/mol. The average molecular weight is 273 g/mol. The summed E-state index contributed by atoms with van der Waals surface area (Å²) in [5, 5.41) is 18.1. The minimum absolute atomic E-state index is 0.101. The minimum Gasteiger partial charge on any atom is -0.478 e. The minimum atomic E-state index is -3.92. The summed E-state index contributed by atoms with van der Waals surface area (Å²) >= 11 is 0. The molecule has 1 aromatic rings. The Hall–Kier alpha value is -1.44. The van der Waals surface area contributed by atoms with Crippen molar-refractivity contribution in [3.8, 4) is 0 Å². The Bertz CT molecular complexity index is 538. The van der Waals surface area contributed by atoms with Gasteiger partial charge in [-0.15, -0.1) is 0 Å². The van der Waals surface area contributed by atoms with E-state index in [1.54, 1.807) is 0 Å². The molecule has 6 nitrogen and oxygen atoms in total. The van der Waals surface area contributed by atoms with Crippen molar-refractivity contribution in [1.82, 2.24) is 4.31 Å². The number of likely N-dealkylation sites (N-methyl/N-ethyl adjacent to an activating group) is 1. The van der Waals surface area contributed by atoms with Crippen LogP contribution >= 0.6 is 0 Å². The first-order valence-corrected chi connectivity index (χ1v) is 6.67. The standard InChI is InChI=1S/C11H15NO5S/c1-8(13)7-12(2)18(16,17)10-6-4-3-5-9(10)11(14)15/h3-6,8,13H,7H2,1-2H3,(H,14,15). The van der Waals surface area contributed by atoms with Gasteiger partial charge in [0.15, 0.2) is 0 Å². The summed E-state index contributed by atoms with van der Waals surface area (Å²) in [6.45, 7) is 1.35. The van der Waals surface area contributed by atoms with Crippen LogP contribution in [0.2, 0.25) is 0 Å². The molecule has 0 heterocycles. The van der Waals surface area contributed by atoms with E-state index in [-0.39, 0.29) is 17.0 Å². The SMILES string of the molecule is CC(O)CN(C)S(=O)(=O)c1ccccc1C(=O)O. The van der Waals surface area contributed by atoms with Crippen LogP contribution in [0.4, 0.5) is 0 Å². The van der Waals surface area contributed by atoms with Crippen molar-refractivity contribution < 1.29 is 23.4 Å². The van der Waals surface area contributed by atoms with Gasteiger partial charge in [0.1, 0.15) is 0 Å². The first-order chi connectivity index (χ1) is 8.26. The number of benzene rings is 1. The fourth-order valence-corrected chi connectivity index (χ4v) is 2.94. The quantitative estimate of drug-likeness (QED) is 0.809. The number of hydrogen-bond acceptors (Lipinski definition) is 4. The lowest BCUT2D eigenvalue weighted by Gasteiger charge is -2.19. The van der Waals surface area contributed by atoms with Crippen molar-refractivity contribution in [1.29, 1.82) is 0 Å². The van der Waals surface area contributed by atoms with E-state index in [1.807, 2.05) is 0 Å². The smallest absolute Gasteiger partial charge is 0.337 e. The van der Waals surface area contributed by atoms with Gasteiger partial charge in [-0.25, -0.2) is 13.2 Å². The van der Waals surface area contributed by atoms with Crippen molar-refractivity contribution in [2.75, 3.05) is 13.6 Å². The van der Waals surface area contributed by atoms with Crippen LogP contribution in [0.15, 0.2) is 29.2 Å². The van der Waals surface area contributed by atoms with Crippen LogP contribution in [-0.2, 0) is 10.0 Å². The highest BCUT2D eigenvalue weighted by Gasteiger charge is 2.26. The molecule has 18 heavy (non-hydrogen) atoms. The van der Waals surface area contributed by atoms with E-state index in [0.717, 1.165) is 4.31 Å². The molecule has 0 saturated carbocycles. The number of sulfonamides is 1. The lowest BCUT2D eigenvalue weighted by Crippen LogP contribution is -2.33. The lowest BCUT2D eigenvalue weighted by atomic mass is 10.2. The van der Waals surface area contributed by atoms with Gasteiger partial charge in [0, 0.05) is 13.6 Å². The van der Waals surface area contributed by atoms with Crippen LogP contribution in [0.1, 0.15) is 17.3 Å². The summed E-state index contributed by atoms with van der Waals surface area (Å²) in [7, 11) is -2.62. The zero-order chi connectivity index (χ0) is 13.9. The van der Waals surface area contributed by atoms with Gasteiger partial charge < -0.3 is 10.2 Å². The van der Waals surface area contributed by atoms with Crippen LogP contribution < -0.4 is 0 Å². The maximum absolute atomic E-state index is 12.1. The van der Waals surface area contributed by atoms with Crippen LogP contribution in [0.3, 0.4) is 0 Å². The van der Waals surface area contributed by atoms with Gasteiger partial charge in [-0.2, -0.15) is 4.31 Å². The molecule has 0 aliphatic carbocycles. The molecule has 0 bridgehead atoms. The molecular weight excluding hydrogens is 258 g/mol. The first kappa shape index (κ1) is 14.6. The first-order valence-electron chi connectivity index (χ1n) is 5.23. The number of carbonyl (C=O) groups is 1. The van der Waals surface area contributed by atoms with E-state index >= 15 is 0 Å². The van der Waals surface area contributed by atoms with Gasteiger partial charge in [0.25, 0.3) is 0 Å². The average Bonchev–Trinajstić information content (AvgIpc) is 2.28. The summed E-state index contributed by atoms with van der Waals surface area (Å²) in [6.07, 6.45) is -0.832. The number of aliphatic hydroxyl groups excluding tert-OH is 1. The van der Waals surface area contributed by atoms with Crippen LogP contribution in [0.5, 0.6) is 0 Å². The second kappa shape index (κ2) is 5.47. The molecule has 1 atom stereocenters. The Kier molecular flexibility index (Phi) is 4.44. The van der Waals surface area contributed by atoms with E-state index < -0.39 is 22.1 Å². The number of rotatable bonds is 5. The molecule has 0 aliphatic heterocycles. The van der Waals surface area contributed by atoms with Gasteiger partial charge >= 0.3 is 5.97 Å². The van der Waals surface area contributed by atoms with Gasteiger partial charge in [-0.05, 0) is 19.1 Å².